The number of halogens is 1. The van der Waals surface area contributed by atoms with Crippen molar-refractivity contribution in [1.82, 2.24) is 5.32 Å². The van der Waals surface area contributed by atoms with Crippen molar-refractivity contribution in [2.45, 2.75) is 27.7 Å². The van der Waals surface area contributed by atoms with Crippen LogP contribution in [0, 0.1) is 13.8 Å². The van der Waals surface area contributed by atoms with Gasteiger partial charge in [-0.15, -0.1) is 11.3 Å². The quantitative estimate of drug-likeness (QED) is 0.411. The zero-order valence-electron chi connectivity index (χ0n) is 18.0. The molecule has 0 aliphatic heterocycles. The van der Waals surface area contributed by atoms with Crippen LogP contribution < -0.4 is 15.4 Å². The van der Waals surface area contributed by atoms with Crippen LogP contribution in [0.4, 0.5) is 5.00 Å². The average Bonchev–Trinajstić information content (AvgIpc) is 3.03. The highest BCUT2D eigenvalue weighted by Crippen LogP contribution is 2.34. The number of thiophene rings is 1. The summed E-state index contributed by atoms with van der Waals surface area (Å²) in [5.74, 6) is -1.17. The predicted molar refractivity (Wildman–Crippen MR) is 127 cm³/mol. The Morgan fingerprint density at radius 1 is 1.09 bits per heavy atom. The third-order valence-electron chi connectivity index (χ3n) is 4.06. The second-order valence-electron chi connectivity index (χ2n) is 6.40. The van der Waals surface area contributed by atoms with Gasteiger partial charge in [-0.05, 0) is 69.2 Å². The molecule has 2 aromatic rings. The predicted octanol–water partition coefficient (Wildman–Crippen LogP) is 4.26. The van der Waals surface area contributed by atoms with Crippen molar-refractivity contribution < 1.29 is 28.6 Å². The summed E-state index contributed by atoms with van der Waals surface area (Å²) in [6.45, 7) is 6.84. The molecule has 0 radical (unpaired) electrons. The van der Waals surface area contributed by atoms with E-state index in [0.717, 1.165) is 16.9 Å². The molecule has 0 unspecified atom stereocenters. The second-order valence-corrected chi connectivity index (χ2v) is 8.27. The summed E-state index contributed by atoms with van der Waals surface area (Å²) in [5, 5.41) is 6.04. The second kappa shape index (κ2) is 11.8. The van der Waals surface area contributed by atoms with Crippen LogP contribution in [0.25, 0.3) is 0 Å². The number of aryl methyl sites for hydroxylation is 1. The van der Waals surface area contributed by atoms with Gasteiger partial charge in [0.1, 0.15) is 15.6 Å². The van der Waals surface area contributed by atoms with Crippen molar-refractivity contribution in [3.05, 3.63) is 44.8 Å². The van der Waals surface area contributed by atoms with Crippen molar-refractivity contribution >= 4 is 63.1 Å². The fourth-order valence-electron chi connectivity index (χ4n) is 2.66. The Labute approximate surface area is 200 Å². The highest BCUT2D eigenvalue weighted by atomic mass is 35.5. The van der Waals surface area contributed by atoms with Crippen molar-refractivity contribution in [3.8, 4) is 5.75 Å². The Bertz CT molecular complexity index is 1040. The molecular weight excluding hydrogens is 476 g/mol. The monoisotopic (exact) mass is 498 g/mol. The standard InChI is InChI=1S/C21H23ClN2O6S2/c1-5-28-19(26)16-12(4)17(20(27)29-6-2)32-18(16)24-21(31)23-15(25)10-30-14-8-7-13(22)9-11(14)3/h7-9H,5-6,10H2,1-4H3,(H2,23,24,25,31). The molecule has 11 heteroatoms. The molecule has 2 N–H and O–H groups in total. The molecule has 0 spiro atoms. The summed E-state index contributed by atoms with van der Waals surface area (Å²) < 4.78 is 15.6. The Morgan fingerprint density at radius 3 is 2.38 bits per heavy atom. The van der Waals surface area contributed by atoms with Gasteiger partial charge in [-0.1, -0.05) is 11.6 Å². The maximum absolute atomic E-state index is 12.4. The zero-order valence-corrected chi connectivity index (χ0v) is 20.4. The summed E-state index contributed by atoms with van der Waals surface area (Å²) in [6, 6.07) is 5.04. The van der Waals surface area contributed by atoms with Crippen molar-refractivity contribution in [1.29, 1.82) is 0 Å². The largest absolute Gasteiger partial charge is 0.483 e. The minimum atomic E-state index is -0.616. The number of hydrogen-bond acceptors (Lipinski definition) is 8. The maximum atomic E-state index is 12.4. The van der Waals surface area contributed by atoms with Gasteiger partial charge in [0.25, 0.3) is 5.91 Å². The minimum Gasteiger partial charge on any atom is -0.483 e. The van der Waals surface area contributed by atoms with Gasteiger partial charge in [-0.3, -0.25) is 10.1 Å². The Morgan fingerprint density at radius 2 is 1.75 bits per heavy atom. The maximum Gasteiger partial charge on any atom is 0.348 e. The van der Waals surface area contributed by atoms with E-state index >= 15 is 0 Å². The number of amides is 1. The number of hydrogen-bond donors (Lipinski definition) is 2. The molecule has 1 heterocycles. The highest BCUT2D eigenvalue weighted by molar-refractivity contribution is 7.80. The lowest BCUT2D eigenvalue weighted by Gasteiger charge is -2.12. The molecule has 172 valence electrons. The molecule has 1 aromatic carbocycles. The van der Waals surface area contributed by atoms with E-state index < -0.39 is 17.8 Å². The molecule has 0 saturated heterocycles. The van der Waals surface area contributed by atoms with Gasteiger partial charge < -0.3 is 19.5 Å². The highest BCUT2D eigenvalue weighted by Gasteiger charge is 2.27. The SMILES string of the molecule is CCOC(=O)c1sc(NC(=S)NC(=O)COc2ccc(Cl)cc2C)c(C(=O)OCC)c1C. The van der Waals surface area contributed by atoms with Crippen molar-refractivity contribution in [2.75, 3.05) is 25.1 Å². The van der Waals surface area contributed by atoms with E-state index in [9.17, 15) is 14.4 Å². The van der Waals surface area contributed by atoms with Gasteiger partial charge in [0.15, 0.2) is 11.7 Å². The first kappa shape index (κ1) is 25.6. The van der Waals surface area contributed by atoms with E-state index in [0.29, 0.717) is 16.3 Å². The molecule has 1 aromatic heterocycles. The summed E-state index contributed by atoms with van der Waals surface area (Å²) in [4.78, 5) is 37.1. The number of nitrogens with one attached hydrogen (secondary N) is 2. The molecule has 0 aliphatic carbocycles. The van der Waals surface area contributed by atoms with Gasteiger partial charge in [-0.2, -0.15) is 0 Å². The van der Waals surface area contributed by atoms with Crippen LogP contribution in [-0.2, 0) is 14.3 Å². The lowest BCUT2D eigenvalue weighted by atomic mass is 10.1. The molecule has 0 aliphatic rings. The molecule has 0 fully saturated rings. The molecule has 2 rings (SSSR count). The van der Waals surface area contributed by atoms with Crippen molar-refractivity contribution in [2.24, 2.45) is 0 Å². The topological polar surface area (TPSA) is 103 Å². The Balaban J connectivity index is 2.10. The number of anilines is 1. The van der Waals surface area contributed by atoms with Crippen LogP contribution in [0.1, 0.15) is 45.0 Å². The number of benzene rings is 1. The van der Waals surface area contributed by atoms with Crippen molar-refractivity contribution in [3.63, 3.8) is 0 Å². The normalized spacial score (nSPS) is 10.3. The van der Waals surface area contributed by atoms with Gasteiger partial charge in [-0.25, -0.2) is 9.59 Å². The van der Waals surface area contributed by atoms with Gasteiger partial charge in [0, 0.05) is 5.02 Å². The van der Waals surface area contributed by atoms with E-state index in [1.807, 2.05) is 6.92 Å². The lowest BCUT2D eigenvalue weighted by Crippen LogP contribution is -2.37. The average molecular weight is 499 g/mol. The zero-order chi connectivity index (χ0) is 23.8. The number of esters is 2. The van der Waals surface area contributed by atoms with Gasteiger partial charge in [0.2, 0.25) is 0 Å². The van der Waals surface area contributed by atoms with Crippen LogP contribution in [0.15, 0.2) is 18.2 Å². The number of carbonyl (C=O) groups is 3. The first-order valence-electron chi connectivity index (χ1n) is 9.65. The smallest absolute Gasteiger partial charge is 0.348 e. The summed E-state index contributed by atoms with van der Waals surface area (Å²) in [6.07, 6.45) is 0. The van der Waals surface area contributed by atoms with E-state index in [4.69, 9.17) is 38.0 Å². The molecule has 0 saturated carbocycles. The van der Waals surface area contributed by atoms with E-state index in [-0.39, 0.29) is 40.4 Å². The van der Waals surface area contributed by atoms with Crippen LogP contribution >= 0.6 is 35.2 Å². The van der Waals surface area contributed by atoms with Crippen LogP contribution in [0.3, 0.4) is 0 Å². The molecule has 0 atom stereocenters. The van der Waals surface area contributed by atoms with E-state index in [1.54, 1.807) is 39.0 Å². The third-order valence-corrected chi connectivity index (χ3v) is 5.69. The summed E-state index contributed by atoms with van der Waals surface area (Å²) in [5.41, 5.74) is 1.35. The Kier molecular flexibility index (Phi) is 9.42. The number of rotatable bonds is 8. The summed E-state index contributed by atoms with van der Waals surface area (Å²) in [7, 11) is 0. The van der Waals surface area contributed by atoms with Crippen LogP contribution in [-0.4, -0.2) is 42.8 Å². The fourth-order valence-corrected chi connectivity index (χ4v) is 4.26. The first-order chi connectivity index (χ1) is 15.2. The third kappa shape index (κ3) is 6.65. The first-order valence-corrected chi connectivity index (χ1v) is 11.3. The van der Waals surface area contributed by atoms with Gasteiger partial charge >= 0.3 is 11.9 Å². The number of ether oxygens (including phenoxy) is 3. The molecule has 32 heavy (non-hydrogen) atoms. The van der Waals surface area contributed by atoms with E-state index in [1.165, 1.54) is 0 Å². The van der Waals surface area contributed by atoms with E-state index in [2.05, 4.69) is 10.6 Å². The fraction of sp³-hybridized carbons (Fsp3) is 0.333. The van der Waals surface area contributed by atoms with Gasteiger partial charge in [0.05, 0.1) is 18.8 Å². The number of carbonyl (C=O) groups excluding carboxylic acids is 3. The molecule has 1 amide bonds. The lowest BCUT2D eigenvalue weighted by molar-refractivity contribution is -0.121. The Hall–Kier alpha value is -2.69. The molecule has 8 nitrogen and oxygen atoms in total. The molecule has 0 bridgehead atoms. The van der Waals surface area contributed by atoms with Crippen LogP contribution in [0.5, 0.6) is 5.75 Å². The molecular formula is C21H23ClN2O6S2. The summed E-state index contributed by atoms with van der Waals surface area (Å²) >= 11 is 12.1. The van der Waals surface area contributed by atoms with Crippen LogP contribution in [0.2, 0.25) is 5.02 Å². The number of thiocarbonyl (C=S) groups is 1. The minimum absolute atomic E-state index is 0.0614.